The zero-order valence-electron chi connectivity index (χ0n) is 15.0. The van der Waals surface area contributed by atoms with Crippen molar-refractivity contribution in [3.05, 3.63) is 81.9 Å². The van der Waals surface area contributed by atoms with Crippen molar-refractivity contribution in [2.24, 2.45) is 0 Å². The molecule has 2 aromatic heterocycles. The number of hydrogen-bond acceptors (Lipinski definition) is 4. The smallest absolute Gasteiger partial charge is 0.291 e. The molecule has 0 atom stereocenters. The number of halogens is 3. The molecule has 0 aliphatic rings. The van der Waals surface area contributed by atoms with Crippen LogP contribution in [0.1, 0.15) is 16.1 Å². The third-order valence-corrected chi connectivity index (χ3v) is 4.70. The van der Waals surface area contributed by atoms with E-state index in [0.717, 1.165) is 0 Å². The lowest BCUT2D eigenvalue weighted by atomic mass is 10.1. The molecule has 1 amide bonds. The minimum atomic E-state index is -0.495. The molecule has 0 spiro atoms. The molecule has 5 nitrogen and oxygen atoms in total. The van der Waals surface area contributed by atoms with Crippen molar-refractivity contribution in [1.82, 2.24) is 4.98 Å². The van der Waals surface area contributed by atoms with Gasteiger partial charge in [-0.15, -0.1) is 0 Å². The minimum absolute atomic E-state index is 0.0862. The lowest BCUT2D eigenvalue weighted by Crippen LogP contribution is -2.12. The fraction of sp³-hybridized carbons (Fsp3) is 0.0476. The van der Waals surface area contributed by atoms with Gasteiger partial charge in [-0.1, -0.05) is 35.3 Å². The van der Waals surface area contributed by atoms with Gasteiger partial charge in [0.15, 0.2) is 11.5 Å². The summed E-state index contributed by atoms with van der Waals surface area (Å²) >= 11 is 12.0. The van der Waals surface area contributed by atoms with E-state index in [2.05, 4.69) is 10.3 Å². The highest BCUT2D eigenvalue weighted by molar-refractivity contribution is 6.35. The third-order valence-electron chi connectivity index (χ3n) is 4.22. The molecule has 0 aliphatic carbocycles. The minimum Gasteiger partial charge on any atom is -0.451 e. The summed E-state index contributed by atoms with van der Waals surface area (Å²) in [5.74, 6) is -0.335. The Morgan fingerprint density at radius 3 is 2.76 bits per heavy atom. The van der Waals surface area contributed by atoms with E-state index >= 15 is 0 Å². The zero-order valence-corrected chi connectivity index (χ0v) is 16.5. The lowest BCUT2D eigenvalue weighted by molar-refractivity contribution is 0.0997. The van der Waals surface area contributed by atoms with E-state index < -0.39 is 11.7 Å². The van der Waals surface area contributed by atoms with Crippen molar-refractivity contribution in [1.29, 1.82) is 0 Å². The van der Waals surface area contributed by atoms with Crippen molar-refractivity contribution in [2.75, 3.05) is 5.32 Å². The second-order valence-electron chi connectivity index (χ2n) is 6.19. The average molecular weight is 431 g/mol. The number of ether oxygens (including phenoxy) is 1. The molecule has 0 bridgehead atoms. The number of para-hydroxylation sites is 2. The number of carbonyl (C=O) groups is 1. The number of aryl methyl sites for hydroxylation is 1. The van der Waals surface area contributed by atoms with E-state index in [1.165, 1.54) is 30.5 Å². The maximum absolute atomic E-state index is 13.5. The first-order valence-electron chi connectivity index (χ1n) is 8.50. The molecule has 0 saturated heterocycles. The Balaban J connectivity index is 1.63. The summed E-state index contributed by atoms with van der Waals surface area (Å²) in [7, 11) is 0. The monoisotopic (exact) mass is 430 g/mol. The van der Waals surface area contributed by atoms with Gasteiger partial charge in [0.05, 0.1) is 10.7 Å². The zero-order chi connectivity index (χ0) is 20.5. The second kappa shape index (κ2) is 7.73. The van der Waals surface area contributed by atoms with Gasteiger partial charge in [0.25, 0.3) is 5.91 Å². The molecule has 0 unspecified atom stereocenters. The number of furan rings is 1. The van der Waals surface area contributed by atoms with Crippen molar-refractivity contribution >= 4 is 45.8 Å². The number of aromatic nitrogens is 1. The van der Waals surface area contributed by atoms with Gasteiger partial charge in [0, 0.05) is 17.1 Å². The predicted molar refractivity (Wildman–Crippen MR) is 110 cm³/mol. The SMILES string of the molecule is Cc1c(C(=O)Nc2ccccc2Oc2ncc(Cl)cc2Cl)oc2ccc(F)cc12. The van der Waals surface area contributed by atoms with Crippen molar-refractivity contribution in [3.63, 3.8) is 0 Å². The van der Waals surface area contributed by atoms with Gasteiger partial charge in [-0.25, -0.2) is 9.37 Å². The summed E-state index contributed by atoms with van der Waals surface area (Å²) in [5, 5.41) is 3.89. The largest absolute Gasteiger partial charge is 0.451 e. The molecule has 8 heteroatoms. The van der Waals surface area contributed by atoms with Crippen LogP contribution in [0.4, 0.5) is 10.1 Å². The molecular formula is C21H13Cl2FN2O3. The van der Waals surface area contributed by atoms with E-state index in [4.69, 9.17) is 32.4 Å². The number of nitrogens with one attached hydrogen (secondary N) is 1. The Morgan fingerprint density at radius 2 is 1.97 bits per heavy atom. The fourth-order valence-electron chi connectivity index (χ4n) is 2.83. The molecule has 146 valence electrons. The summed E-state index contributed by atoms with van der Waals surface area (Å²) in [6, 6.07) is 12.4. The van der Waals surface area contributed by atoms with Gasteiger partial charge >= 0.3 is 0 Å². The first kappa shape index (κ1) is 19.2. The molecule has 29 heavy (non-hydrogen) atoms. The molecule has 2 heterocycles. The highest BCUT2D eigenvalue weighted by Crippen LogP contribution is 2.34. The van der Waals surface area contributed by atoms with E-state index in [1.807, 2.05) is 0 Å². The van der Waals surface area contributed by atoms with Crippen LogP contribution < -0.4 is 10.1 Å². The van der Waals surface area contributed by atoms with Crippen molar-refractivity contribution in [3.8, 4) is 11.6 Å². The molecule has 1 N–H and O–H groups in total. The molecule has 4 aromatic rings. The molecule has 0 saturated carbocycles. The Kier molecular flexibility index (Phi) is 5.13. The fourth-order valence-corrected chi connectivity index (χ4v) is 3.25. The van der Waals surface area contributed by atoms with Gasteiger partial charge in [0.2, 0.25) is 5.88 Å². The highest BCUT2D eigenvalue weighted by Gasteiger charge is 2.20. The van der Waals surface area contributed by atoms with E-state index in [1.54, 1.807) is 31.2 Å². The number of benzene rings is 2. The Bertz CT molecular complexity index is 1240. The Hall–Kier alpha value is -3.09. The first-order chi connectivity index (χ1) is 13.9. The van der Waals surface area contributed by atoms with Crippen LogP contribution in [0.25, 0.3) is 11.0 Å². The molecular weight excluding hydrogens is 418 g/mol. The number of rotatable bonds is 4. The van der Waals surface area contributed by atoms with Crippen LogP contribution >= 0.6 is 23.2 Å². The molecule has 0 fully saturated rings. The number of nitrogens with zero attached hydrogens (tertiary/aromatic N) is 1. The maximum atomic E-state index is 13.5. The number of carbonyl (C=O) groups excluding carboxylic acids is 1. The van der Waals surface area contributed by atoms with Gasteiger partial charge in [-0.2, -0.15) is 0 Å². The van der Waals surface area contributed by atoms with E-state index in [-0.39, 0.29) is 16.7 Å². The predicted octanol–water partition coefficient (Wildman–Crippen LogP) is 6.63. The molecule has 2 aromatic carbocycles. The van der Waals surface area contributed by atoms with E-state index in [9.17, 15) is 9.18 Å². The summed E-state index contributed by atoms with van der Waals surface area (Å²) in [6.07, 6.45) is 1.40. The third kappa shape index (κ3) is 3.90. The van der Waals surface area contributed by atoms with Gasteiger partial charge in [-0.05, 0) is 43.3 Å². The van der Waals surface area contributed by atoms with Crippen LogP contribution in [0.15, 0.2) is 59.1 Å². The van der Waals surface area contributed by atoms with Crippen LogP contribution in [0.2, 0.25) is 10.0 Å². The Morgan fingerprint density at radius 1 is 1.17 bits per heavy atom. The van der Waals surface area contributed by atoms with Crippen LogP contribution in [-0.2, 0) is 0 Å². The van der Waals surface area contributed by atoms with Crippen LogP contribution in [0.3, 0.4) is 0 Å². The van der Waals surface area contributed by atoms with E-state index in [0.29, 0.717) is 33.0 Å². The summed E-state index contributed by atoms with van der Waals surface area (Å²) < 4.78 is 24.9. The number of hydrogen-bond donors (Lipinski definition) is 1. The molecule has 0 aliphatic heterocycles. The van der Waals surface area contributed by atoms with Gasteiger partial charge in [-0.3, -0.25) is 4.79 Å². The maximum Gasteiger partial charge on any atom is 0.291 e. The number of anilines is 1. The quantitative estimate of drug-likeness (QED) is 0.394. The summed E-state index contributed by atoms with van der Waals surface area (Å²) in [5.41, 5.74) is 1.35. The number of pyridine rings is 1. The van der Waals surface area contributed by atoms with Crippen LogP contribution in [-0.4, -0.2) is 10.9 Å². The van der Waals surface area contributed by atoms with Crippen molar-refractivity contribution < 1.29 is 18.3 Å². The highest BCUT2D eigenvalue weighted by atomic mass is 35.5. The normalized spacial score (nSPS) is 10.9. The van der Waals surface area contributed by atoms with Crippen LogP contribution in [0.5, 0.6) is 11.6 Å². The topological polar surface area (TPSA) is 64.4 Å². The second-order valence-corrected chi connectivity index (χ2v) is 7.03. The van der Waals surface area contributed by atoms with Crippen LogP contribution in [0, 0.1) is 12.7 Å². The van der Waals surface area contributed by atoms with Gasteiger partial charge in [0.1, 0.15) is 16.4 Å². The van der Waals surface area contributed by atoms with Crippen molar-refractivity contribution in [2.45, 2.75) is 6.92 Å². The lowest BCUT2D eigenvalue weighted by Gasteiger charge is -2.12. The molecule has 4 rings (SSSR count). The standard InChI is InChI=1S/C21H13Cl2FN2O3/c1-11-14-9-13(24)6-7-17(14)28-19(11)20(27)26-16-4-2-3-5-18(16)29-21-15(23)8-12(22)10-25-21/h2-10H,1H3,(H,26,27). The average Bonchev–Trinajstić information content (AvgIpc) is 3.02. The van der Waals surface area contributed by atoms with Gasteiger partial charge < -0.3 is 14.5 Å². The summed E-state index contributed by atoms with van der Waals surface area (Å²) in [6.45, 7) is 1.69. The molecule has 0 radical (unpaired) electrons. The summed E-state index contributed by atoms with van der Waals surface area (Å²) in [4.78, 5) is 16.8. The number of amides is 1. The Labute approximate surface area is 175 Å². The first-order valence-corrected chi connectivity index (χ1v) is 9.26. The number of fused-ring (bicyclic) bond motifs is 1.